The lowest BCUT2D eigenvalue weighted by atomic mass is 10.2. The van der Waals surface area contributed by atoms with Crippen LogP contribution in [0.4, 0.5) is 14.9 Å². The van der Waals surface area contributed by atoms with Crippen molar-refractivity contribution in [3.63, 3.8) is 0 Å². The second-order valence-corrected chi connectivity index (χ2v) is 6.11. The SMILES string of the molecule is O=C(Nc1ccccc1)N1CCC[C@@H]1c1nc(-c2ccc(F)cc2)no1. The fraction of sp³-hybridized carbons (Fsp3) is 0.211. The molecular formula is C19H17FN4O2. The topological polar surface area (TPSA) is 71.3 Å². The van der Waals surface area contributed by atoms with E-state index in [1.54, 1.807) is 17.0 Å². The molecule has 1 saturated heterocycles. The Hall–Kier alpha value is -3.22. The van der Waals surface area contributed by atoms with Crippen molar-refractivity contribution in [3.8, 4) is 11.4 Å². The Labute approximate surface area is 149 Å². The highest BCUT2D eigenvalue weighted by Crippen LogP contribution is 2.32. The van der Waals surface area contributed by atoms with E-state index in [9.17, 15) is 9.18 Å². The lowest BCUT2D eigenvalue weighted by molar-refractivity contribution is 0.193. The molecule has 1 aliphatic rings. The standard InChI is InChI=1S/C19H17FN4O2/c20-14-10-8-13(9-11-14)17-22-18(26-23-17)16-7-4-12-24(16)19(25)21-15-5-2-1-3-6-15/h1-3,5-6,8-11,16H,4,7,12H2,(H,21,25)/t16-/m1/s1. The monoisotopic (exact) mass is 352 g/mol. The Morgan fingerprint density at radius 1 is 1.15 bits per heavy atom. The summed E-state index contributed by atoms with van der Waals surface area (Å²) in [6.45, 7) is 0.623. The summed E-state index contributed by atoms with van der Waals surface area (Å²) < 4.78 is 18.4. The Kier molecular flexibility index (Phi) is 4.35. The first-order valence-electron chi connectivity index (χ1n) is 8.43. The van der Waals surface area contributed by atoms with Gasteiger partial charge in [0.25, 0.3) is 0 Å². The Morgan fingerprint density at radius 3 is 2.69 bits per heavy atom. The molecular weight excluding hydrogens is 335 g/mol. The molecule has 0 aliphatic carbocycles. The highest BCUT2D eigenvalue weighted by molar-refractivity contribution is 5.89. The molecule has 2 amide bonds. The van der Waals surface area contributed by atoms with Gasteiger partial charge in [-0.3, -0.25) is 0 Å². The number of carbonyl (C=O) groups excluding carboxylic acids is 1. The van der Waals surface area contributed by atoms with Gasteiger partial charge in [0.1, 0.15) is 11.9 Å². The molecule has 1 fully saturated rings. The molecule has 0 radical (unpaired) electrons. The third kappa shape index (κ3) is 3.28. The molecule has 0 spiro atoms. The van der Waals surface area contributed by atoms with Crippen molar-refractivity contribution < 1.29 is 13.7 Å². The fourth-order valence-corrected chi connectivity index (χ4v) is 3.07. The smallest absolute Gasteiger partial charge is 0.322 e. The third-order valence-electron chi connectivity index (χ3n) is 4.37. The van der Waals surface area contributed by atoms with E-state index in [1.165, 1.54) is 12.1 Å². The van der Waals surface area contributed by atoms with E-state index < -0.39 is 0 Å². The van der Waals surface area contributed by atoms with Gasteiger partial charge in [-0.15, -0.1) is 0 Å². The summed E-state index contributed by atoms with van der Waals surface area (Å²) in [6, 6.07) is 14.7. The zero-order valence-corrected chi connectivity index (χ0v) is 13.9. The maximum Gasteiger partial charge on any atom is 0.322 e. The van der Waals surface area contributed by atoms with Crippen LogP contribution >= 0.6 is 0 Å². The number of benzene rings is 2. The number of para-hydroxylation sites is 1. The number of rotatable bonds is 3. The van der Waals surface area contributed by atoms with E-state index in [-0.39, 0.29) is 17.9 Å². The van der Waals surface area contributed by atoms with Gasteiger partial charge in [-0.25, -0.2) is 9.18 Å². The average molecular weight is 352 g/mol. The van der Waals surface area contributed by atoms with E-state index in [2.05, 4.69) is 15.5 Å². The quantitative estimate of drug-likeness (QED) is 0.765. The van der Waals surface area contributed by atoms with Crippen molar-refractivity contribution in [2.24, 2.45) is 0 Å². The number of halogens is 1. The van der Waals surface area contributed by atoms with Crippen LogP contribution in [0, 0.1) is 5.82 Å². The molecule has 2 heterocycles. The lowest BCUT2D eigenvalue weighted by Crippen LogP contribution is -2.34. The molecule has 1 atom stereocenters. The van der Waals surface area contributed by atoms with Crippen LogP contribution in [-0.2, 0) is 0 Å². The van der Waals surface area contributed by atoms with E-state index in [4.69, 9.17) is 4.52 Å². The number of hydrogen-bond donors (Lipinski definition) is 1. The van der Waals surface area contributed by atoms with Crippen molar-refractivity contribution in [2.75, 3.05) is 11.9 Å². The van der Waals surface area contributed by atoms with Gasteiger partial charge in [-0.2, -0.15) is 4.98 Å². The van der Waals surface area contributed by atoms with Gasteiger partial charge in [-0.1, -0.05) is 23.4 Å². The van der Waals surface area contributed by atoms with Crippen molar-refractivity contribution >= 4 is 11.7 Å². The Morgan fingerprint density at radius 2 is 1.92 bits per heavy atom. The van der Waals surface area contributed by atoms with Gasteiger partial charge in [0.2, 0.25) is 11.7 Å². The van der Waals surface area contributed by atoms with Crippen LogP contribution in [0.1, 0.15) is 24.8 Å². The van der Waals surface area contributed by atoms with Gasteiger partial charge in [0, 0.05) is 17.8 Å². The number of anilines is 1. The lowest BCUT2D eigenvalue weighted by Gasteiger charge is -2.22. The predicted molar refractivity (Wildman–Crippen MR) is 93.8 cm³/mol. The molecule has 132 valence electrons. The number of aromatic nitrogens is 2. The summed E-state index contributed by atoms with van der Waals surface area (Å²) in [5.41, 5.74) is 1.40. The number of nitrogens with one attached hydrogen (secondary N) is 1. The zero-order chi connectivity index (χ0) is 17.9. The second kappa shape index (κ2) is 6.95. The van der Waals surface area contributed by atoms with Crippen molar-refractivity contribution in [1.82, 2.24) is 15.0 Å². The van der Waals surface area contributed by atoms with Crippen LogP contribution in [0.25, 0.3) is 11.4 Å². The van der Waals surface area contributed by atoms with Crippen LogP contribution in [0.3, 0.4) is 0 Å². The van der Waals surface area contributed by atoms with Gasteiger partial charge in [0.05, 0.1) is 0 Å². The van der Waals surface area contributed by atoms with Gasteiger partial charge < -0.3 is 14.7 Å². The number of carbonyl (C=O) groups is 1. The molecule has 1 aliphatic heterocycles. The third-order valence-corrected chi connectivity index (χ3v) is 4.37. The highest BCUT2D eigenvalue weighted by Gasteiger charge is 2.34. The van der Waals surface area contributed by atoms with E-state index >= 15 is 0 Å². The summed E-state index contributed by atoms with van der Waals surface area (Å²) in [7, 11) is 0. The van der Waals surface area contributed by atoms with Gasteiger partial charge >= 0.3 is 6.03 Å². The first-order chi connectivity index (χ1) is 12.7. The molecule has 1 N–H and O–H groups in total. The molecule has 6 nitrogen and oxygen atoms in total. The average Bonchev–Trinajstić information content (AvgIpc) is 3.32. The second-order valence-electron chi connectivity index (χ2n) is 6.11. The summed E-state index contributed by atoms with van der Waals surface area (Å²) >= 11 is 0. The molecule has 2 aromatic carbocycles. The number of nitrogens with zero attached hydrogens (tertiary/aromatic N) is 3. The molecule has 0 unspecified atom stereocenters. The normalized spacial score (nSPS) is 16.7. The highest BCUT2D eigenvalue weighted by atomic mass is 19.1. The molecule has 4 rings (SSSR count). The van der Waals surface area contributed by atoms with Crippen molar-refractivity contribution in [3.05, 3.63) is 66.3 Å². The summed E-state index contributed by atoms with van der Waals surface area (Å²) in [5.74, 6) is 0.456. The largest absolute Gasteiger partial charge is 0.337 e. The first kappa shape index (κ1) is 16.3. The van der Waals surface area contributed by atoms with Crippen LogP contribution in [-0.4, -0.2) is 27.6 Å². The Balaban J connectivity index is 1.51. The van der Waals surface area contributed by atoms with Crippen LogP contribution < -0.4 is 5.32 Å². The maximum atomic E-state index is 13.1. The summed E-state index contributed by atoms with van der Waals surface area (Å²) in [6.07, 6.45) is 1.62. The van der Waals surface area contributed by atoms with Gasteiger partial charge in [0.15, 0.2) is 0 Å². The van der Waals surface area contributed by atoms with Crippen LogP contribution in [0.15, 0.2) is 59.1 Å². The van der Waals surface area contributed by atoms with Gasteiger partial charge in [-0.05, 0) is 49.2 Å². The minimum Gasteiger partial charge on any atom is -0.337 e. The molecule has 26 heavy (non-hydrogen) atoms. The van der Waals surface area contributed by atoms with E-state index in [0.29, 0.717) is 23.8 Å². The minimum atomic E-state index is -0.322. The van der Waals surface area contributed by atoms with Crippen LogP contribution in [0.5, 0.6) is 0 Å². The van der Waals surface area contributed by atoms with E-state index in [1.807, 2.05) is 30.3 Å². The minimum absolute atomic E-state index is 0.194. The maximum absolute atomic E-state index is 13.1. The number of urea groups is 1. The molecule has 1 aromatic heterocycles. The number of amides is 2. The first-order valence-corrected chi connectivity index (χ1v) is 8.43. The predicted octanol–water partition coefficient (Wildman–Crippen LogP) is 4.24. The Bertz CT molecular complexity index is 895. The van der Waals surface area contributed by atoms with Crippen molar-refractivity contribution in [2.45, 2.75) is 18.9 Å². The van der Waals surface area contributed by atoms with E-state index in [0.717, 1.165) is 18.5 Å². The fourth-order valence-electron chi connectivity index (χ4n) is 3.07. The summed E-state index contributed by atoms with van der Waals surface area (Å²) in [5, 5.41) is 6.86. The van der Waals surface area contributed by atoms with Crippen molar-refractivity contribution in [1.29, 1.82) is 0 Å². The van der Waals surface area contributed by atoms with Crippen LogP contribution in [0.2, 0.25) is 0 Å². The molecule has 7 heteroatoms. The molecule has 0 bridgehead atoms. The number of hydrogen-bond acceptors (Lipinski definition) is 4. The molecule has 3 aromatic rings. The number of likely N-dealkylation sites (tertiary alicyclic amines) is 1. The summed E-state index contributed by atoms with van der Waals surface area (Å²) in [4.78, 5) is 18.7. The zero-order valence-electron chi connectivity index (χ0n) is 13.9. The molecule has 0 saturated carbocycles.